The van der Waals surface area contributed by atoms with E-state index >= 15 is 0 Å². The van der Waals surface area contributed by atoms with E-state index in [1.165, 1.54) is 5.56 Å². The molecule has 2 aromatic rings. The van der Waals surface area contributed by atoms with E-state index in [0.717, 1.165) is 17.3 Å². The summed E-state index contributed by atoms with van der Waals surface area (Å²) in [4.78, 5) is 4.27. The molecule has 0 radical (unpaired) electrons. The van der Waals surface area contributed by atoms with E-state index in [4.69, 9.17) is 10.8 Å². The minimum Gasteiger partial charge on any atom is -0.396 e. The molecule has 1 aromatic carbocycles. The van der Waals surface area contributed by atoms with Crippen LogP contribution in [-0.4, -0.2) is 23.2 Å². The number of aromatic nitrogens is 1. The molecular weight excluding hydrogens is 200 g/mol. The van der Waals surface area contributed by atoms with Gasteiger partial charge in [-0.05, 0) is 42.6 Å². The predicted octanol–water partition coefficient (Wildman–Crippen LogP) is 1.34. The van der Waals surface area contributed by atoms with Crippen LogP contribution >= 0.6 is 0 Å². The third-order valence-corrected chi connectivity index (χ3v) is 2.78. The van der Waals surface area contributed by atoms with E-state index in [2.05, 4.69) is 11.1 Å². The molecule has 16 heavy (non-hydrogen) atoms. The predicted molar refractivity (Wildman–Crippen MR) is 65.1 cm³/mol. The Morgan fingerprint density at radius 1 is 1.31 bits per heavy atom. The fourth-order valence-corrected chi connectivity index (χ4v) is 1.81. The first-order chi connectivity index (χ1) is 7.83. The van der Waals surface area contributed by atoms with Crippen LogP contribution in [0, 0.1) is 5.92 Å². The number of nitrogens with two attached hydrogens (primary N) is 1. The van der Waals surface area contributed by atoms with Crippen LogP contribution in [0.15, 0.2) is 36.5 Å². The lowest BCUT2D eigenvalue weighted by Gasteiger charge is -2.11. The first kappa shape index (κ1) is 11.0. The van der Waals surface area contributed by atoms with E-state index in [-0.39, 0.29) is 12.5 Å². The summed E-state index contributed by atoms with van der Waals surface area (Å²) in [6.45, 7) is 0.656. The minimum atomic E-state index is 0.140. The molecule has 0 aliphatic rings. The fourth-order valence-electron chi connectivity index (χ4n) is 1.81. The summed E-state index contributed by atoms with van der Waals surface area (Å²) in [5.41, 5.74) is 7.77. The van der Waals surface area contributed by atoms with Crippen LogP contribution in [0.5, 0.6) is 0 Å². The molecule has 0 amide bonds. The van der Waals surface area contributed by atoms with Gasteiger partial charge in [0.25, 0.3) is 0 Å². The Morgan fingerprint density at radius 3 is 2.94 bits per heavy atom. The van der Waals surface area contributed by atoms with Crippen LogP contribution in [0.1, 0.15) is 5.56 Å². The Balaban J connectivity index is 2.25. The molecular formula is C13H16N2O. The fraction of sp³-hybridized carbons (Fsp3) is 0.308. The number of hydrogen-bond acceptors (Lipinski definition) is 3. The van der Waals surface area contributed by atoms with Crippen molar-refractivity contribution < 1.29 is 5.11 Å². The van der Waals surface area contributed by atoms with Gasteiger partial charge in [0.05, 0.1) is 5.52 Å². The van der Waals surface area contributed by atoms with Crippen LogP contribution in [-0.2, 0) is 6.42 Å². The highest BCUT2D eigenvalue weighted by Crippen LogP contribution is 2.15. The highest BCUT2D eigenvalue weighted by Gasteiger charge is 2.06. The molecule has 1 atom stereocenters. The van der Waals surface area contributed by atoms with Gasteiger partial charge >= 0.3 is 0 Å². The van der Waals surface area contributed by atoms with Gasteiger partial charge in [-0.2, -0.15) is 0 Å². The van der Waals surface area contributed by atoms with Crippen LogP contribution in [0.25, 0.3) is 10.9 Å². The van der Waals surface area contributed by atoms with Crippen molar-refractivity contribution >= 4 is 10.9 Å². The van der Waals surface area contributed by atoms with E-state index in [1.54, 1.807) is 6.20 Å². The number of rotatable bonds is 4. The van der Waals surface area contributed by atoms with Gasteiger partial charge < -0.3 is 10.8 Å². The summed E-state index contributed by atoms with van der Waals surface area (Å²) in [5, 5.41) is 10.2. The van der Waals surface area contributed by atoms with Gasteiger partial charge in [0.15, 0.2) is 0 Å². The Bertz CT molecular complexity index is 466. The van der Waals surface area contributed by atoms with Crippen LogP contribution < -0.4 is 5.73 Å². The normalized spacial score (nSPS) is 12.9. The number of aliphatic hydroxyl groups is 1. The molecule has 84 valence electrons. The molecule has 0 bridgehead atoms. The van der Waals surface area contributed by atoms with Gasteiger partial charge in [0.2, 0.25) is 0 Å². The molecule has 1 heterocycles. The van der Waals surface area contributed by atoms with Crippen molar-refractivity contribution in [3.8, 4) is 0 Å². The summed E-state index contributed by atoms with van der Waals surface area (Å²) < 4.78 is 0. The maximum atomic E-state index is 9.11. The van der Waals surface area contributed by atoms with Crippen molar-refractivity contribution in [1.82, 2.24) is 4.98 Å². The Kier molecular flexibility index (Phi) is 3.49. The summed E-state index contributed by atoms with van der Waals surface area (Å²) in [6.07, 6.45) is 2.61. The molecule has 0 saturated carbocycles. The van der Waals surface area contributed by atoms with Gasteiger partial charge in [-0.1, -0.05) is 12.1 Å². The van der Waals surface area contributed by atoms with Crippen molar-refractivity contribution in [2.75, 3.05) is 13.2 Å². The molecule has 3 heteroatoms. The summed E-state index contributed by atoms with van der Waals surface area (Å²) in [7, 11) is 0. The van der Waals surface area contributed by atoms with Crippen molar-refractivity contribution in [3.05, 3.63) is 42.1 Å². The molecule has 3 N–H and O–H groups in total. The lowest BCUT2D eigenvalue weighted by Crippen LogP contribution is -2.20. The molecule has 0 aliphatic carbocycles. The molecule has 1 aromatic heterocycles. The zero-order valence-corrected chi connectivity index (χ0v) is 9.13. The van der Waals surface area contributed by atoms with Crippen molar-refractivity contribution in [2.24, 2.45) is 11.7 Å². The second-order valence-corrected chi connectivity index (χ2v) is 4.02. The quantitative estimate of drug-likeness (QED) is 0.811. The molecule has 0 saturated heterocycles. The average Bonchev–Trinajstić information content (AvgIpc) is 2.35. The van der Waals surface area contributed by atoms with E-state index in [9.17, 15) is 0 Å². The van der Waals surface area contributed by atoms with Crippen molar-refractivity contribution in [2.45, 2.75) is 6.42 Å². The lowest BCUT2D eigenvalue weighted by molar-refractivity contribution is 0.230. The number of nitrogens with zero attached hydrogens (tertiary/aromatic N) is 1. The lowest BCUT2D eigenvalue weighted by atomic mass is 9.99. The second-order valence-electron chi connectivity index (χ2n) is 4.02. The Morgan fingerprint density at radius 2 is 2.19 bits per heavy atom. The minimum absolute atomic E-state index is 0.140. The van der Waals surface area contributed by atoms with Gasteiger partial charge in [0.1, 0.15) is 0 Å². The third-order valence-electron chi connectivity index (χ3n) is 2.78. The second kappa shape index (κ2) is 5.05. The summed E-state index contributed by atoms with van der Waals surface area (Å²) in [6, 6.07) is 10.1. The molecule has 3 nitrogen and oxygen atoms in total. The molecule has 0 spiro atoms. The summed E-state index contributed by atoms with van der Waals surface area (Å²) in [5.74, 6) is 0.147. The monoisotopic (exact) mass is 216 g/mol. The molecule has 2 rings (SSSR count). The number of pyridine rings is 1. The zero-order valence-electron chi connectivity index (χ0n) is 9.13. The topological polar surface area (TPSA) is 59.1 Å². The summed E-state index contributed by atoms with van der Waals surface area (Å²) >= 11 is 0. The maximum absolute atomic E-state index is 9.11. The van der Waals surface area contributed by atoms with Crippen LogP contribution in [0.2, 0.25) is 0 Å². The van der Waals surface area contributed by atoms with Crippen molar-refractivity contribution in [3.63, 3.8) is 0 Å². The highest BCUT2D eigenvalue weighted by molar-refractivity contribution is 5.78. The van der Waals surface area contributed by atoms with Crippen molar-refractivity contribution in [1.29, 1.82) is 0 Å². The number of aliphatic hydroxyl groups excluding tert-OH is 1. The molecule has 0 fully saturated rings. The van der Waals surface area contributed by atoms with Gasteiger partial charge in [-0.15, -0.1) is 0 Å². The smallest absolute Gasteiger partial charge is 0.0702 e. The third kappa shape index (κ3) is 2.38. The van der Waals surface area contributed by atoms with E-state index in [1.807, 2.05) is 24.3 Å². The number of hydrogen-bond donors (Lipinski definition) is 2. The Hall–Kier alpha value is -1.45. The van der Waals surface area contributed by atoms with Crippen LogP contribution in [0.4, 0.5) is 0 Å². The number of fused-ring (bicyclic) bond motifs is 1. The zero-order chi connectivity index (χ0) is 11.4. The average molecular weight is 216 g/mol. The van der Waals surface area contributed by atoms with Crippen LogP contribution in [0.3, 0.4) is 0 Å². The molecule has 1 unspecified atom stereocenters. The van der Waals surface area contributed by atoms with Gasteiger partial charge in [-0.25, -0.2) is 0 Å². The van der Waals surface area contributed by atoms with Gasteiger partial charge in [-0.3, -0.25) is 4.98 Å². The SMILES string of the molecule is NCC(CO)Cc1ccc2ncccc2c1. The van der Waals surface area contributed by atoms with E-state index in [0.29, 0.717) is 6.54 Å². The standard InChI is InChI=1S/C13H16N2O/c14-8-11(9-16)6-10-3-4-13-12(7-10)2-1-5-15-13/h1-5,7,11,16H,6,8-9,14H2. The first-order valence-corrected chi connectivity index (χ1v) is 5.48. The highest BCUT2D eigenvalue weighted by atomic mass is 16.3. The molecule has 0 aliphatic heterocycles. The largest absolute Gasteiger partial charge is 0.396 e. The van der Waals surface area contributed by atoms with E-state index < -0.39 is 0 Å². The Labute approximate surface area is 94.9 Å². The first-order valence-electron chi connectivity index (χ1n) is 5.48. The number of benzene rings is 1. The van der Waals surface area contributed by atoms with Gasteiger partial charge in [0, 0.05) is 18.2 Å². The maximum Gasteiger partial charge on any atom is 0.0702 e.